The van der Waals surface area contributed by atoms with Gasteiger partial charge in [-0.1, -0.05) is 12.1 Å². The molecule has 38 heavy (non-hydrogen) atoms. The molecule has 1 fully saturated rings. The fourth-order valence-electron chi connectivity index (χ4n) is 4.52. The number of benzene rings is 2. The first-order valence-corrected chi connectivity index (χ1v) is 12.4. The van der Waals surface area contributed by atoms with E-state index in [1.165, 1.54) is 18.2 Å². The van der Waals surface area contributed by atoms with Crippen molar-refractivity contribution in [3.63, 3.8) is 0 Å². The number of amides is 3. The van der Waals surface area contributed by atoms with E-state index in [4.69, 9.17) is 9.47 Å². The fourth-order valence-corrected chi connectivity index (χ4v) is 4.52. The minimum atomic E-state index is -0.646. The van der Waals surface area contributed by atoms with Crippen LogP contribution in [0, 0.1) is 0 Å². The van der Waals surface area contributed by atoms with Crippen LogP contribution in [0.15, 0.2) is 48.7 Å². The molecule has 4 rings (SSSR count). The number of fused-ring (bicyclic) bond motifs is 1. The van der Waals surface area contributed by atoms with Crippen molar-refractivity contribution in [1.82, 2.24) is 14.8 Å². The summed E-state index contributed by atoms with van der Waals surface area (Å²) >= 11 is 0. The van der Waals surface area contributed by atoms with Crippen molar-refractivity contribution in [2.75, 3.05) is 32.1 Å². The number of H-pyrrole nitrogens is 1. The zero-order chi connectivity index (χ0) is 27.6. The van der Waals surface area contributed by atoms with Gasteiger partial charge in [-0.15, -0.1) is 0 Å². The molecule has 3 aromatic rings. The van der Waals surface area contributed by atoms with E-state index in [0.717, 1.165) is 0 Å². The largest absolute Gasteiger partial charge is 0.496 e. The smallest absolute Gasteiger partial charge is 0.412 e. The van der Waals surface area contributed by atoms with Crippen molar-refractivity contribution < 1.29 is 28.7 Å². The van der Waals surface area contributed by atoms with Crippen LogP contribution in [0.5, 0.6) is 5.75 Å². The van der Waals surface area contributed by atoms with Crippen LogP contribution in [0.4, 0.5) is 10.5 Å². The van der Waals surface area contributed by atoms with Crippen molar-refractivity contribution in [2.45, 2.75) is 39.3 Å². The Labute approximate surface area is 220 Å². The number of hydrogen-bond donors (Lipinski definition) is 2. The predicted octanol–water partition coefficient (Wildman–Crippen LogP) is 4.08. The average Bonchev–Trinajstić information content (AvgIpc) is 3.30. The van der Waals surface area contributed by atoms with E-state index in [9.17, 15) is 19.2 Å². The van der Waals surface area contributed by atoms with Gasteiger partial charge in [0, 0.05) is 48.6 Å². The minimum absolute atomic E-state index is 0.215. The SMILES string of the molecule is COc1cccc2[nH]cc(C(=O)C(=O)N3CCN(C(=O)c4cccc(NC(=O)OC(C)(C)C)c4)C[C@H]3C)c12. The molecule has 10 heteroatoms. The number of nitrogens with zero attached hydrogens (tertiary/aromatic N) is 2. The van der Waals surface area contributed by atoms with E-state index >= 15 is 0 Å². The van der Waals surface area contributed by atoms with Gasteiger partial charge in [0.1, 0.15) is 11.4 Å². The third-order valence-corrected chi connectivity index (χ3v) is 6.26. The van der Waals surface area contributed by atoms with Gasteiger partial charge in [0.2, 0.25) is 0 Å². The Morgan fingerprint density at radius 3 is 2.47 bits per heavy atom. The lowest BCUT2D eigenvalue weighted by Crippen LogP contribution is -2.56. The quantitative estimate of drug-likeness (QED) is 0.386. The van der Waals surface area contributed by atoms with Gasteiger partial charge in [-0.3, -0.25) is 19.7 Å². The van der Waals surface area contributed by atoms with Crippen LogP contribution < -0.4 is 10.1 Å². The molecule has 1 aromatic heterocycles. The van der Waals surface area contributed by atoms with E-state index < -0.39 is 23.4 Å². The number of anilines is 1. The van der Waals surface area contributed by atoms with Crippen molar-refractivity contribution in [3.05, 3.63) is 59.8 Å². The number of aromatic amines is 1. The van der Waals surface area contributed by atoms with Gasteiger partial charge in [0.05, 0.1) is 18.1 Å². The number of rotatable bonds is 5. The average molecular weight is 521 g/mol. The minimum Gasteiger partial charge on any atom is -0.496 e. The van der Waals surface area contributed by atoms with Crippen molar-refractivity contribution in [3.8, 4) is 5.75 Å². The van der Waals surface area contributed by atoms with Gasteiger partial charge in [0.15, 0.2) is 0 Å². The highest BCUT2D eigenvalue weighted by Gasteiger charge is 2.34. The lowest BCUT2D eigenvalue weighted by molar-refractivity contribution is -0.130. The molecule has 200 valence electrons. The van der Waals surface area contributed by atoms with E-state index in [1.807, 2.05) is 6.07 Å². The Hall–Kier alpha value is -4.34. The number of nitrogens with one attached hydrogen (secondary N) is 2. The van der Waals surface area contributed by atoms with Crippen molar-refractivity contribution in [1.29, 1.82) is 0 Å². The van der Waals surface area contributed by atoms with E-state index in [0.29, 0.717) is 27.9 Å². The highest BCUT2D eigenvalue weighted by Crippen LogP contribution is 2.29. The molecule has 10 nitrogen and oxygen atoms in total. The van der Waals surface area contributed by atoms with Crippen LogP contribution in [0.25, 0.3) is 10.9 Å². The molecule has 2 N–H and O–H groups in total. The molecular formula is C28H32N4O6. The summed E-state index contributed by atoms with van der Waals surface area (Å²) in [6.07, 6.45) is 0.913. The molecule has 1 aliphatic rings. The maximum atomic E-state index is 13.2. The van der Waals surface area contributed by atoms with Crippen LogP contribution in [0.1, 0.15) is 48.4 Å². The first-order chi connectivity index (χ1) is 18.0. The number of Topliss-reactive ketones (excluding diaryl/α,β-unsaturated/α-hetero) is 1. The summed E-state index contributed by atoms with van der Waals surface area (Å²) in [4.78, 5) is 57.9. The number of aromatic nitrogens is 1. The summed E-state index contributed by atoms with van der Waals surface area (Å²) in [7, 11) is 1.51. The standard InChI is InChI=1S/C28H32N4O6/c1-17-16-31(25(34)18-8-6-9-19(14-18)30-27(36)38-28(2,3)4)12-13-32(17)26(35)24(33)20-15-29-21-10-7-11-22(37-5)23(20)21/h6-11,14-15,17,29H,12-13,16H2,1-5H3,(H,30,36)/t17-/m1/s1. The van der Waals surface area contributed by atoms with Gasteiger partial charge in [-0.05, 0) is 58.0 Å². The molecule has 1 aliphatic heterocycles. The number of ether oxygens (including phenoxy) is 2. The molecule has 1 saturated heterocycles. The molecule has 3 amide bonds. The second kappa shape index (κ2) is 10.6. The maximum Gasteiger partial charge on any atom is 0.412 e. The molecule has 0 saturated carbocycles. The van der Waals surface area contributed by atoms with Gasteiger partial charge < -0.3 is 24.3 Å². The Morgan fingerprint density at radius 2 is 1.79 bits per heavy atom. The summed E-state index contributed by atoms with van der Waals surface area (Å²) < 4.78 is 10.7. The lowest BCUT2D eigenvalue weighted by atomic mass is 10.1. The number of methoxy groups -OCH3 is 1. The number of carbonyl (C=O) groups excluding carboxylic acids is 4. The van der Waals surface area contributed by atoms with Gasteiger partial charge in [-0.25, -0.2) is 4.79 Å². The molecule has 0 bridgehead atoms. The van der Waals surface area contributed by atoms with Crippen LogP contribution in [-0.2, 0) is 9.53 Å². The fraction of sp³-hybridized carbons (Fsp3) is 0.357. The second-order valence-electron chi connectivity index (χ2n) is 10.2. The van der Waals surface area contributed by atoms with E-state index in [1.54, 1.807) is 69.0 Å². The predicted molar refractivity (Wildman–Crippen MR) is 143 cm³/mol. The topological polar surface area (TPSA) is 121 Å². The number of ketones is 1. The molecule has 1 atom stereocenters. The molecule has 0 radical (unpaired) electrons. The summed E-state index contributed by atoms with van der Waals surface area (Å²) in [5.41, 5.74) is 1.14. The summed E-state index contributed by atoms with van der Waals surface area (Å²) in [6, 6.07) is 11.6. The Morgan fingerprint density at radius 1 is 1.05 bits per heavy atom. The summed E-state index contributed by atoms with van der Waals surface area (Å²) in [6.45, 7) is 7.85. The number of carbonyl (C=O) groups is 4. The number of hydrogen-bond acceptors (Lipinski definition) is 6. The Bertz CT molecular complexity index is 1390. The Balaban J connectivity index is 1.43. The maximum absolute atomic E-state index is 13.2. The summed E-state index contributed by atoms with van der Waals surface area (Å²) in [5, 5.41) is 3.20. The zero-order valence-corrected chi connectivity index (χ0v) is 22.2. The molecule has 0 spiro atoms. The second-order valence-corrected chi connectivity index (χ2v) is 10.2. The monoisotopic (exact) mass is 520 g/mol. The molecule has 0 unspecified atom stereocenters. The lowest BCUT2D eigenvalue weighted by Gasteiger charge is -2.39. The molecule has 2 aromatic carbocycles. The zero-order valence-electron chi connectivity index (χ0n) is 22.2. The first-order valence-electron chi connectivity index (χ1n) is 12.4. The normalized spacial score (nSPS) is 15.8. The van der Waals surface area contributed by atoms with Crippen LogP contribution in [0.3, 0.4) is 0 Å². The van der Waals surface area contributed by atoms with Crippen molar-refractivity contribution >= 4 is 40.3 Å². The third kappa shape index (κ3) is 5.64. The highest BCUT2D eigenvalue weighted by molar-refractivity contribution is 6.45. The van der Waals surface area contributed by atoms with Gasteiger partial charge >= 0.3 is 6.09 Å². The highest BCUT2D eigenvalue weighted by atomic mass is 16.6. The number of piperazine rings is 1. The molecule has 0 aliphatic carbocycles. The van der Waals surface area contributed by atoms with Crippen LogP contribution >= 0.6 is 0 Å². The van der Waals surface area contributed by atoms with Crippen LogP contribution in [-0.4, -0.2) is 76.9 Å². The Kier molecular flexibility index (Phi) is 7.43. The van der Waals surface area contributed by atoms with Crippen LogP contribution in [0.2, 0.25) is 0 Å². The van der Waals surface area contributed by atoms with E-state index in [-0.39, 0.29) is 37.1 Å². The van der Waals surface area contributed by atoms with E-state index in [2.05, 4.69) is 10.3 Å². The first kappa shape index (κ1) is 26.7. The summed E-state index contributed by atoms with van der Waals surface area (Å²) in [5.74, 6) is -0.982. The van der Waals surface area contributed by atoms with Crippen molar-refractivity contribution in [2.24, 2.45) is 0 Å². The van der Waals surface area contributed by atoms with Gasteiger partial charge in [-0.2, -0.15) is 0 Å². The molecular weight excluding hydrogens is 488 g/mol. The third-order valence-electron chi connectivity index (χ3n) is 6.26. The molecule has 2 heterocycles. The van der Waals surface area contributed by atoms with Gasteiger partial charge in [0.25, 0.3) is 17.6 Å².